The average molecular weight is 610 g/mol. The lowest BCUT2D eigenvalue weighted by atomic mass is 9.57. The largest absolute Gasteiger partial charge is 0.488 e. The van der Waals surface area contributed by atoms with Crippen molar-refractivity contribution in [3.8, 4) is 5.75 Å². The number of ether oxygens (including phenoxy) is 1. The fraction of sp³-hybridized carbons (Fsp3) is 0.464. The first-order valence-electron chi connectivity index (χ1n) is 13.4. The van der Waals surface area contributed by atoms with Crippen LogP contribution in [-0.4, -0.2) is 61.7 Å². The summed E-state index contributed by atoms with van der Waals surface area (Å²) in [5, 5.41) is 12.5. The zero-order valence-electron chi connectivity index (χ0n) is 22.4. The Kier molecular flexibility index (Phi) is 7.73. The Morgan fingerprint density at radius 1 is 1.10 bits per heavy atom. The van der Waals surface area contributed by atoms with Crippen LogP contribution in [0.15, 0.2) is 41.3 Å². The number of sulfone groups is 1. The first-order chi connectivity index (χ1) is 19.7. The second-order valence-corrected chi connectivity index (χ2v) is 13.3. The Hall–Kier alpha value is -3.65. The molecule has 2 aromatic carbocycles. The highest BCUT2D eigenvalue weighted by Crippen LogP contribution is 2.52. The van der Waals surface area contributed by atoms with Gasteiger partial charge in [0, 0.05) is 5.54 Å². The molecule has 2 amide bonds. The van der Waals surface area contributed by atoms with E-state index < -0.39 is 79.7 Å². The first-order valence-corrected chi connectivity index (χ1v) is 15.1. The number of hydrogen-bond acceptors (Lipinski definition) is 7. The number of benzene rings is 2. The van der Waals surface area contributed by atoms with Crippen LogP contribution in [0.25, 0.3) is 0 Å². The van der Waals surface area contributed by atoms with Gasteiger partial charge >= 0.3 is 5.97 Å². The summed E-state index contributed by atoms with van der Waals surface area (Å²) < 4.78 is 71.5. The predicted octanol–water partition coefficient (Wildman–Crippen LogP) is 3.02. The standard InChI is InChI=1S/C28H30F3N3O7S/c29-19-12-22-21(11-18(19)24(35)33-28-8-5-27(6-9-28,7-10-28)26(37)38)34(25(36)20(32)15-42(22,39)40)13-16-1-3-17(4-2-16)41-14-23(30)31/h1-4,11-12,20,23H,5-10,13-15,32H2,(H,33,35)(H,37,38)/t20-,27?,28?/m0/s1. The van der Waals surface area contributed by atoms with Gasteiger partial charge in [0.2, 0.25) is 5.91 Å². The van der Waals surface area contributed by atoms with Crippen molar-refractivity contribution in [3.05, 3.63) is 53.3 Å². The molecule has 6 rings (SSSR count). The summed E-state index contributed by atoms with van der Waals surface area (Å²) in [4.78, 5) is 39.0. The van der Waals surface area contributed by atoms with Gasteiger partial charge in [-0.2, -0.15) is 0 Å². The van der Waals surface area contributed by atoms with Crippen LogP contribution in [0, 0.1) is 11.2 Å². The fourth-order valence-corrected chi connectivity index (χ4v) is 7.66. The van der Waals surface area contributed by atoms with Gasteiger partial charge in [-0.15, -0.1) is 0 Å². The summed E-state index contributed by atoms with van der Waals surface area (Å²) in [7, 11) is -4.23. The van der Waals surface area contributed by atoms with E-state index >= 15 is 4.39 Å². The Morgan fingerprint density at radius 3 is 2.29 bits per heavy atom. The third kappa shape index (κ3) is 5.56. The summed E-state index contributed by atoms with van der Waals surface area (Å²) in [6.45, 7) is -1.01. The maximum atomic E-state index is 15.4. The van der Waals surface area contributed by atoms with Crippen molar-refractivity contribution in [2.24, 2.45) is 11.1 Å². The molecule has 4 N–H and O–H groups in total. The van der Waals surface area contributed by atoms with Crippen molar-refractivity contribution in [2.45, 2.75) is 68.0 Å². The van der Waals surface area contributed by atoms with Crippen LogP contribution in [0.4, 0.5) is 18.9 Å². The highest BCUT2D eigenvalue weighted by Gasteiger charge is 2.53. The minimum atomic E-state index is -4.23. The van der Waals surface area contributed by atoms with E-state index in [0.717, 1.165) is 11.0 Å². The summed E-state index contributed by atoms with van der Waals surface area (Å²) >= 11 is 0. The molecular weight excluding hydrogens is 579 g/mol. The number of fused-ring (bicyclic) bond motifs is 4. The maximum absolute atomic E-state index is 15.4. The molecule has 0 aromatic heterocycles. The van der Waals surface area contributed by atoms with E-state index in [9.17, 15) is 36.7 Å². The number of carboxylic acid groups (broad SMARTS) is 1. The van der Waals surface area contributed by atoms with Crippen molar-refractivity contribution in [1.29, 1.82) is 0 Å². The van der Waals surface area contributed by atoms with Crippen LogP contribution in [0.1, 0.15) is 54.4 Å². The van der Waals surface area contributed by atoms with Crippen LogP contribution >= 0.6 is 0 Å². The van der Waals surface area contributed by atoms with Gasteiger partial charge in [0.25, 0.3) is 12.3 Å². The van der Waals surface area contributed by atoms with E-state index in [2.05, 4.69) is 5.32 Å². The molecule has 0 saturated heterocycles. The van der Waals surface area contributed by atoms with Gasteiger partial charge in [0.1, 0.15) is 18.2 Å². The van der Waals surface area contributed by atoms with E-state index in [1.54, 1.807) is 0 Å². The number of anilines is 1. The fourth-order valence-electron chi connectivity index (χ4n) is 6.09. The number of nitrogens with one attached hydrogen (secondary N) is 1. The molecule has 226 valence electrons. The number of rotatable bonds is 8. The van der Waals surface area contributed by atoms with Crippen LogP contribution in [-0.2, 0) is 26.0 Å². The molecule has 2 bridgehead atoms. The van der Waals surface area contributed by atoms with Gasteiger partial charge in [-0.1, -0.05) is 12.1 Å². The number of hydrogen-bond donors (Lipinski definition) is 3. The van der Waals surface area contributed by atoms with Crippen LogP contribution < -0.4 is 20.7 Å². The molecule has 0 unspecified atom stereocenters. The number of alkyl halides is 2. The zero-order valence-corrected chi connectivity index (χ0v) is 23.3. The lowest BCUT2D eigenvalue weighted by molar-refractivity contribution is -0.156. The van der Waals surface area contributed by atoms with Crippen LogP contribution in [0.2, 0.25) is 0 Å². The monoisotopic (exact) mass is 609 g/mol. The number of nitrogens with two attached hydrogens (primary N) is 1. The molecular formula is C28H30F3N3O7S. The molecule has 42 heavy (non-hydrogen) atoms. The molecule has 3 aliphatic carbocycles. The van der Waals surface area contributed by atoms with Gasteiger partial charge in [-0.05, 0) is 68.4 Å². The first kappa shape index (κ1) is 29.8. The third-order valence-electron chi connectivity index (χ3n) is 8.62. The molecule has 0 radical (unpaired) electrons. The molecule has 14 heteroatoms. The molecule has 3 fully saturated rings. The number of carbonyl (C=O) groups excluding carboxylic acids is 2. The smallest absolute Gasteiger partial charge is 0.309 e. The molecule has 4 aliphatic rings. The van der Waals surface area contributed by atoms with Crippen LogP contribution in [0.3, 0.4) is 0 Å². The van der Waals surface area contributed by atoms with E-state index in [1.165, 1.54) is 24.3 Å². The number of nitrogens with zero attached hydrogens (tertiary/aromatic N) is 1. The minimum Gasteiger partial charge on any atom is -0.488 e. The number of carbonyl (C=O) groups is 3. The van der Waals surface area contributed by atoms with Gasteiger partial charge in [0.15, 0.2) is 9.84 Å². The molecule has 1 atom stereocenters. The lowest BCUT2D eigenvalue weighted by Crippen LogP contribution is -2.58. The van der Waals surface area contributed by atoms with Crippen molar-refractivity contribution in [2.75, 3.05) is 17.3 Å². The Morgan fingerprint density at radius 2 is 1.71 bits per heavy atom. The summed E-state index contributed by atoms with van der Waals surface area (Å²) in [6, 6.07) is 6.10. The third-order valence-corrected chi connectivity index (χ3v) is 10.4. The van der Waals surface area contributed by atoms with Gasteiger partial charge < -0.3 is 25.8 Å². The average Bonchev–Trinajstić information content (AvgIpc) is 3.01. The van der Waals surface area contributed by atoms with E-state index in [4.69, 9.17) is 10.5 Å². The van der Waals surface area contributed by atoms with Crippen molar-refractivity contribution in [1.82, 2.24) is 5.32 Å². The Labute approximate surface area is 239 Å². The Balaban J connectivity index is 1.46. The second kappa shape index (κ2) is 10.9. The van der Waals surface area contributed by atoms with Crippen molar-refractivity contribution < 1.29 is 45.8 Å². The van der Waals surface area contributed by atoms with E-state index in [-0.39, 0.29) is 18.0 Å². The van der Waals surface area contributed by atoms with Crippen LogP contribution in [0.5, 0.6) is 5.75 Å². The number of aliphatic carboxylic acids is 1. The van der Waals surface area contributed by atoms with Gasteiger partial charge in [-0.3, -0.25) is 14.4 Å². The van der Waals surface area contributed by atoms with E-state index in [1.807, 2.05) is 0 Å². The predicted molar refractivity (Wildman–Crippen MR) is 144 cm³/mol. The summed E-state index contributed by atoms with van der Waals surface area (Å²) in [6.07, 6.45) is -0.327. The van der Waals surface area contributed by atoms with E-state index in [0.29, 0.717) is 50.2 Å². The summed E-state index contributed by atoms with van der Waals surface area (Å²) in [5.74, 6) is -4.14. The molecule has 3 saturated carbocycles. The number of halogens is 3. The maximum Gasteiger partial charge on any atom is 0.309 e. The van der Waals surface area contributed by atoms with Crippen molar-refractivity contribution >= 4 is 33.3 Å². The number of amides is 2. The highest BCUT2D eigenvalue weighted by atomic mass is 32.2. The van der Waals surface area contributed by atoms with Crippen molar-refractivity contribution in [3.63, 3.8) is 0 Å². The highest BCUT2D eigenvalue weighted by molar-refractivity contribution is 7.91. The SMILES string of the molecule is N[C@H]1CS(=O)(=O)c2cc(F)c(C(=O)NC34CCC(C(=O)O)(CC3)CC4)cc2N(Cc2ccc(OCC(F)F)cc2)C1=O. The Bertz CT molecular complexity index is 1510. The molecule has 2 aromatic rings. The van der Waals surface area contributed by atoms with Gasteiger partial charge in [0.05, 0.1) is 39.9 Å². The minimum absolute atomic E-state index is 0.160. The van der Waals surface area contributed by atoms with Gasteiger partial charge in [-0.25, -0.2) is 21.6 Å². The quantitative estimate of drug-likeness (QED) is 0.413. The summed E-state index contributed by atoms with van der Waals surface area (Å²) in [5.41, 5.74) is 4.17. The lowest BCUT2D eigenvalue weighted by Gasteiger charge is -2.51. The zero-order chi connectivity index (χ0) is 30.4. The molecule has 1 aliphatic heterocycles. The normalized spacial score (nSPS) is 26.5. The molecule has 10 nitrogen and oxygen atoms in total. The number of carboxylic acids is 1. The molecule has 0 spiro atoms. The topological polar surface area (TPSA) is 156 Å². The molecule has 1 heterocycles. The second-order valence-electron chi connectivity index (χ2n) is 11.3.